The van der Waals surface area contributed by atoms with E-state index < -0.39 is 0 Å². The third-order valence-corrected chi connectivity index (χ3v) is 6.06. The average Bonchev–Trinajstić information content (AvgIpc) is 3.26. The largest absolute Gasteiger partial charge is 0.307 e. The zero-order valence-electron chi connectivity index (χ0n) is 19.3. The summed E-state index contributed by atoms with van der Waals surface area (Å²) in [6.45, 7) is 4.63. The van der Waals surface area contributed by atoms with Gasteiger partial charge in [0.25, 0.3) is 0 Å². The monoisotopic (exact) mass is 463 g/mol. The van der Waals surface area contributed by atoms with Crippen molar-refractivity contribution in [2.24, 2.45) is 0 Å². The predicted octanol–water partition coefficient (Wildman–Crippen LogP) is 4.57. The van der Waals surface area contributed by atoms with Crippen LogP contribution in [0.5, 0.6) is 0 Å². The molecule has 33 heavy (non-hydrogen) atoms. The van der Waals surface area contributed by atoms with Crippen LogP contribution in [0.15, 0.2) is 60.9 Å². The summed E-state index contributed by atoms with van der Waals surface area (Å²) in [5.74, 6) is -0.163. The lowest BCUT2D eigenvalue weighted by atomic mass is 9.96. The lowest BCUT2D eigenvalue weighted by Gasteiger charge is -2.13. The quantitative estimate of drug-likeness (QED) is 0.454. The van der Waals surface area contributed by atoms with E-state index in [4.69, 9.17) is 0 Å². The molecule has 0 aliphatic carbocycles. The lowest BCUT2D eigenvalue weighted by Crippen LogP contribution is -2.18. The summed E-state index contributed by atoms with van der Waals surface area (Å²) in [5, 5.41) is 6.29. The van der Waals surface area contributed by atoms with Gasteiger partial charge < -0.3 is 15.5 Å². The number of rotatable bonds is 9. The van der Waals surface area contributed by atoms with Gasteiger partial charge in [0.15, 0.2) is 5.13 Å². The Morgan fingerprint density at radius 1 is 1.09 bits per heavy atom. The second-order valence-corrected chi connectivity index (χ2v) is 9.02. The van der Waals surface area contributed by atoms with Crippen molar-refractivity contribution in [3.63, 3.8) is 0 Å². The Morgan fingerprint density at radius 3 is 2.58 bits per heavy atom. The zero-order valence-corrected chi connectivity index (χ0v) is 20.1. The van der Waals surface area contributed by atoms with Crippen molar-refractivity contribution in [1.29, 1.82) is 0 Å². The summed E-state index contributed by atoms with van der Waals surface area (Å²) < 4.78 is 0. The van der Waals surface area contributed by atoms with E-state index >= 15 is 0 Å². The minimum atomic E-state index is -0.334. The normalized spacial score (nSPS) is 12.2. The number of aryl methyl sites for hydroxylation is 1. The molecule has 7 nitrogen and oxygen atoms in total. The van der Waals surface area contributed by atoms with Crippen LogP contribution in [0.3, 0.4) is 0 Å². The van der Waals surface area contributed by atoms with E-state index in [9.17, 15) is 9.59 Å². The van der Waals surface area contributed by atoms with Crippen molar-refractivity contribution in [3.8, 4) is 11.1 Å². The van der Waals surface area contributed by atoms with Gasteiger partial charge in [0.1, 0.15) is 5.82 Å². The molecule has 3 rings (SSSR count). The minimum Gasteiger partial charge on any atom is -0.307 e. The molecule has 8 heteroatoms. The van der Waals surface area contributed by atoms with Gasteiger partial charge >= 0.3 is 0 Å². The molecule has 0 spiro atoms. The summed E-state index contributed by atoms with van der Waals surface area (Å²) in [7, 11) is 3.88. The number of amides is 2. The molecule has 2 amide bonds. The number of carbonyl (C=O) groups excluding carboxylic acids is 2. The lowest BCUT2D eigenvalue weighted by molar-refractivity contribution is -0.117. The van der Waals surface area contributed by atoms with Crippen LogP contribution < -0.4 is 10.6 Å². The Morgan fingerprint density at radius 2 is 1.91 bits per heavy atom. The number of benzene rings is 1. The first kappa shape index (κ1) is 24.3. The molecule has 2 aromatic heterocycles. The highest BCUT2D eigenvalue weighted by atomic mass is 32.1. The van der Waals surface area contributed by atoms with Gasteiger partial charge in [-0.3, -0.25) is 9.59 Å². The van der Waals surface area contributed by atoms with Crippen LogP contribution in [-0.4, -0.2) is 47.3 Å². The van der Waals surface area contributed by atoms with E-state index in [0.29, 0.717) is 17.5 Å². The van der Waals surface area contributed by atoms with Crippen LogP contribution >= 0.6 is 11.3 Å². The third kappa shape index (κ3) is 7.06. The summed E-state index contributed by atoms with van der Waals surface area (Å²) >= 11 is 1.50. The highest BCUT2D eigenvalue weighted by Gasteiger charge is 2.17. The van der Waals surface area contributed by atoms with Crippen LogP contribution in [0, 0.1) is 0 Å². The first-order valence-electron chi connectivity index (χ1n) is 10.8. The number of likely N-dealkylation sites (N-methyl/N-ethyl adjacent to an activating group) is 1. The Kier molecular flexibility index (Phi) is 8.46. The number of aromatic nitrogens is 2. The Labute approximate surface area is 198 Å². The minimum absolute atomic E-state index is 0.0948. The molecule has 0 bridgehead atoms. The van der Waals surface area contributed by atoms with E-state index in [1.165, 1.54) is 17.4 Å². The van der Waals surface area contributed by atoms with Gasteiger partial charge in [-0.05, 0) is 50.7 Å². The molecule has 2 N–H and O–H groups in total. The van der Waals surface area contributed by atoms with Crippen LogP contribution in [0.4, 0.5) is 10.9 Å². The highest BCUT2D eigenvalue weighted by molar-refractivity contribution is 7.15. The molecule has 0 aliphatic heterocycles. The van der Waals surface area contributed by atoms with Gasteiger partial charge in [-0.25, -0.2) is 9.97 Å². The maximum Gasteiger partial charge on any atom is 0.249 e. The topological polar surface area (TPSA) is 87.2 Å². The Bertz CT molecular complexity index is 1120. The van der Waals surface area contributed by atoms with Crippen molar-refractivity contribution >= 4 is 34.1 Å². The first-order valence-corrected chi connectivity index (χ1v) is 11.6. The van der Waals surface area contributed by atoms with E-state index in [1.54, 1.807) is 24.5 Å². The van der Waals surface area contributed by atoms with Crippen molar-refractivity contribution in [3.05, 3.63) is 71.4 Å². The molecule has 172 valence electrons. The van der Waals surface area contributed by atoms with Gasteiger partial charge in [0, 0.05) is 35.5 Å². The standard InChI is InChI=1S/C25H29N5O2S/c1-5-21-16-27-25(33-21)29-24(32)17(2)18-8-6-9-19(14-18)20-11-12-22(26-15-20)28-23(31)10-7-13-30(3)4/h6-12,14-17H,5,13H2,1-4H3,(H,26,28,31)(H,27,29,32)/b10-7+/t17-/m0/s1. The molecule has 0 unspecified atom stereocenters. The van der Waals surface area contributed by atoms with Crippen LogP contribution in [0.1, 0.15) is 30.2 Å². The fourth-order valence-corrected chi connectivity index (χ4v) is 3.81. The number of hydrogen-bond donors (Lipinski definition) is 2. The maximum absolute atomic E-state index is 12.7. The highest BCUT2D eigenvalue weighted by Crippen LogP contribution is 2.26. The van der Waals surface area contributed by atoms with E-state index in [1.807, 2.05) is 56.3 Å². The van der Waals surface area contributed by atoms with Gasteiger partial charge in [-0.2, -0.15) is 0 Å². The van der Waals surface area contributed by atoms with Gasteiger partial charge in [-0.15, -0.1) is 11.3 Å². The molecule has 1 aromatic carbocycles. The smallest absolute Gasteiger partial charge is 0.249 e. The molecule has 3 aromatic rings. The molecule has 2 heterocycles. The number of nitrogens with one attached hydrogen (secondary N) is 2. The maximum atomic E-state index is 12.7. The second-order valence-electron chi connectivity index (χ2n) is 7.91. The van der Waals surface area contributed by atoms with Crippen molar-refractivity contribution in [2.75, 3.05) is 31.3 Å². The summed E-state index contributed by atoms with van der Waals surface area (Å²) in [5.41, 5.74) is 2.75. The van der Waals surface area contributed by atoms with Gasteiger partial charge in [-0.1, -0.05) is 37.3 Å². The molecule has 0 aliphatic rings. The Hall–Kier alpha value is -3.36. The summed E-state index contributed by atoms with van der Waals surface area (Å²) in [6.07, 6.45) is 7.70. The average molecular weight is 464 g/mol. The molecule has 0 saturated carbocycles. The number of hydrogen-bond acceptors (Lipinski definition) is 6. The number of pyridine rings is 1. The number of carbonyl (C=O) groups is 2. The predicted molar refractivity (Wildman–Crippen MR) is 135 cm³/mol. The second kappa shape index (κ2) is 11.5. The fraction of sp³-hybridized carbons (Fsp3) is 0.280. The first-order chi connectivity index (χ1) is 15.9. The van der Waals surface area contributed by atoms with E-state index in [-0.39, 0.29) is 17.7 Å². The van der Waals surface area contributed by atoms with Gasteiger partial charge in [0.05, 0.1) is 5.92 Å². The molecule has 0 fully saturated rings. The van der Waals surface area contributed by atoms with Gasteiger partial charge in [0.2, 0.25) is 11.8 Å². The van der Waals surface area contributed by atoms with Crippen LogP contribution in [0.2, 0.25) is 0 Å². The fourth-order valence-electron chi connectivity index (χ4n) is 3.06. The van der Waals surface area contributed by atoms with Crippen molar-refractivity contribution < 1.29 is 9.59 Å². The van der Waals surface area contributed by atoms with Crippen molar-refractivity contribution in [1.82, 2.24) is 14.9 Å². The van der Waals surface area contributed by atoms with Crippen LogP contribution in [-0.2, 0) is 16.0 Å². The SMILES string of the molecule is CCc1cnc(NC(=O)[C@@H](C)c2cccc(-c3ccc(NC(=O)/C=C/CN(C)C)nc3)c2)s1. The molecule has 0 saturated heterocycles. The number of thiazole rings is 1. The third-order valence-electron chi connectivity index (χ3n) is 5.00. The molecule has 0 radical (unpaired) electrons. The molecular formula is C25H29N5O2S. The number of anilines is 2. The van der Waals surface area contributed by atoms with Crippen molar-refractivity contribution in [2.45, 2.75) is 26.2 Å². The summed E-state index contributed by atoms with van der Waals surface area (Å²) in [4.78, 5) is 36.4. The van der Waals surface area contributed by atoms with Crippen LogP contribution in [0.25, 0.3) is 11.1 Å². The summed E-state index contributed by atoms with van der Waals surface area (Å²) in [6, 6.07) is 11.5. The Balaban J connectivity index is 1.65. The molecule has 1 atom stereocenters. The van der Waals surface area contributed by atoms with E-state index in [2.05, 4.69) is 27.5 Å². The van der Waals surface area contributed by atoms with E-state index in [0.717, 1.165) is 28.0 Å². The molecular weight excluding hydrogens is 434 g/mol. The number of nitrogens with zero attached hydrogens (tertiary/aromatic N) is 3. The zero-order chi connectivity index (χ0) is 23.8.